The van der Waals surface area contributed by atoms with Gasteiger partial charge < -0.3 is 20.5 Å². The van der Waals surface area contributed by atoms with Crippen molar-refractivity contribution in [2.45, 2.75) is 32.1 Å². The van der Waals surface area contributed by atoms with Gasteiger partial charge in [0.25, 0.3) is 0 Å². The number of aliphatic hydroxyl groups is 1. The molecule has 2 rings (SSSR count). The number of hydrogen-bond donors (Lipinski definition) is 3. The molecule has 1 aromatic rings. The first kappa shape index (κ1) is 23.7. The van der Waals surface area contributed by atoms with Crippen molar-refractivity contribution >= 4 is 45.9 Å². The van der Waals surface area contributed by atoms with Gasteiger partial charge in [0.1, 0.15) is 0 Å². The zero-order valence-electron chi connectivity index (χ0n) is 15.8. The van der Waals surface area contributed by atoms with Crippen LogP contribution in [0.15, 0.2) is 33.7 Å². The third-order valence-corrected chi connectivity index (χ3v) is 5.48. The molecule has 0 bridgehead atoms. The van der Waals surface area contributed by atoms with Crippen LogP contribution in [0.3, 0.4) is 0 Å². The molecule has 1 aromatic carbocycles. The Balaban J connectivity index is 0.00000338. The second kappa shape index (κ2) is 10.8. The Kier molecular flexibility index (Phi) is 9.85. The van der Waals surface area contributed by atoms with Gasteiger partial charge in [-0.05, 0) is 30.5 Å². The van der Waals surface area contributed by atoms with Gasteiger partial charge in [0.05, 0.1) is 6.61 Å². The van der Waals surface area contributed by atoms with Gasteiger partial charge in [-0.15, -0.1) is 24.0 Å². The molecule has 7 heteroatoms. The van der Waals surface area contributed by atoms with E-state index in [1.165, 1.54) is 5.56 Å². The normalized spacial score (nSPS) is 20.6. The maximum absolute atomic E-state index is 9.34. The van der Waals surface area contributed by atoms with Crippen LogP contribution in [0, 0.1) is 5.41 Å². The maximum atomic E-state index is 9.34. The number of aliphatic imine (C=N–C) groups is 1. The molecule has 5 nitrogen and oxygen atoms in total. The highest BCUT2D eigenvalue weighted by molar-refractivity contribution is 14.0. The largest absolute Gasteiger partial charge is 0.396 e. The number of guanidine groups is 1. The summed E-state index contributed by atoms with van der Waals surface area (Å²) in [5.74, 6) is 0.785. The van der Waals surface area contributed by atoms with Crippen LogP contribution < -0.4 is 10.6 Å². The molecule has 1 unspecified atom stereocenters. The molecule has 0 saturated carbocycles. The molecule has 0 amide bonds. The van der Waals surface area contributed by atoms with E-state index in [1.54, 1.807) is 7.05 Å². The minimum atomic E-state index is -0.0271. The lowest BCUT2D eigenvalue weighted by atomic mass is 9.84. The van der Waals surface area contributed by atoms with Crippen LogP contribution in [-0.4, -0.2) is 51.0 Å². The lowest BCUT2D eigenvalue weighted by molar-refractivity contribution is 0.127. The van der Waals surface area contributed by atoms with E-state index >= 15 is 0 Å². The van der Waals surface area contributed by atoms with E-state index in [0.29, 0.717) is 6.61 Å². The van der Waals surface area contributed by atoms with Crippen molar-refractivity contribution in [3.05, 3.63) is 34.3 Å². The van der Waals surface area contributed by atoms with Crippen molar-refractivity contribution in [1.29, 1.82) is 0 Å². The summed E-state index contributed by atoms with van der Waals surface area (Å²) in [6.07, 6.45) is 1.72. The average Bonchev–Trinajstić information content (AvgIpc) is 3.04. The predicted molar refractivity (Wildman–Crippen MR) is 122 cm³/mol. The lowest BCUT2D eigenvalue weighted by Gasteiger charge is -2.30. The molecule has 1 atom stereocenters. The van der Waals surface area contributed by atoms with E-state index in [9.17, 15) is 5.11 Å². The molecule has 148 valence electrons. The number of benzene rings is 1. The number of hydrogen-bond acceptors (Lipinski definition) is 3. The van der Waals surface area contributed by atoms with Crippen molar-refractivity contribution in [1.82, 2.24) is 10.6 Å². The lowest BCUT2D eigenvalue weighted by Crippen LogP contribution is -2.47. The third-order valence-electron chi connectivity index (χ3n) is 4.99. The zero-order valence-corrected chi connectivity index (χ0v) is 19.8. The molecule has 1 aliphatic rings. The third kappa shape index (κ3) is 6.65. The number of nitrogens with zero attached hydrogens (tertiary/aromatic N) is 1. The second-order valence-corrected chi connectivity index (χ2v) is 8.37. The van der Waals surface area contributed by atoms with Crippen molar-refractivity contribution in [3.63, 3.8) is 0 Å². The Morgan fingerprint density at radius 1 is 1.38 bits per heavy atom. The first-order valence-corrected chi connectivity index (χ1v) is 9.59. The first-order valence-electron chi connectivity index (χ1n) is 8.80. The van der Waals surface area contributed by atoms with Crippen LogP contribution in [0.4, 0.5) is 0 Å². The van der Waals surface area contributed by atoms with E-state index in [2.05, 4.69) is 63.6 Å². The van der Waals surface area contributed by atoms with E-state index in [1.807, 2.05) is 6.07 Å². The van der Waals surface area contributed by atoms with Crippen LogP contribution in [0.1, 0.15) is 32.3 Å². The quantitative estimate of drug-likeness (QED) is 0.282. The molecule has 1 saturated heterocycles. The SMILES string of the molecule is CN=C(NCC1(CCO)CCOC1)NCC(C)(C)c1cccc(Br)c1.I. The highest BCUT2D eigenvalue weighted by atomic mass is 127. The fourth-order valence-electron chi connectivity index (χ4n) is 3.12. The summed E-state index contributed by atoms with van der Waals surface area (Å²) >= 11 is 3.54. The molecule has 1 fully saturated rings. The number of aliphatic hydroxyl groups excluding tert-OH is 1. The molecule has 3 N–H and O–H groups in total. The molecule has 26 heavy (non-hydrogen) atoms. The highest BCUT2D eigenvalue weighted by Crippen LogP contribution is 2.31. The minimum Gasteiger partial charge on any atom is -0.396 e. The standard InChI is InChI=1S/C19H30BrN3O2.HI/c1-18(2,15-5-4-6-16(20)11-15)12-22-17(21-3)23-13-19(7-9-24)8-10-25-14-19;/h4-6,11,24H,7-10,12-14H2,1-3H3,(H2,21,22,23);1H. The Morgan fingerprint density at radius 2 is 2.15 bits per heavy atom. The van der Waals surface area contributed by atoms with E-state index in [4.69, 9.17) is 4.74 Å². The molecule has 0 aromatic heterocycles. The summed E-state index contributed by atoms with van der Waals surface area (Å²) in [6, 6.07) is 8.41. The fourth-order valence-corrected chi connectivity index (χ4v) is 3.52. The summed E-state index contributed by atoms with van der Waals surface area (Å²) in [7, 11) is 1.78. The second-order valence-electron chi connectivity index (χ2n) is 7.45. The Bertz CT molecular complexity index is 590. The summed E-state index contributed by atoms with van der Waals surface area (Å²) < 4.78 is 6.64. The first-order chi connectivity index (χ1) is 11.9. The predicted octanol–water partition coefficient (Wildman–Crippen LogP) is 3.30. The van der Waals surface area contributed by atoms with Crippen LogP contribution >= 0.6 is 39.9 Å². The van der Waals surface area contributed by atoms with Crippen molar-refractivity contribution < 1.29 is 9.84 Å². The monoisotopic (exact) mass is 539 g/mol. The van der Waals surface area contributed by atoms with Gasteiger partial charge in [-0.1, -0.05) is 41.9 Å². The van der Waals surface area contributed by atoms with Gasteiger partial charge in [-0.2, -0.15) is 0 Å². The fraction of sp³-hybridized carbons (Fsp3) is 0.632. The number of halogens is 2. The van der Waals surface area contributed by atoms with E-state index < -0.39 is 0 Å². The maximum Gasteiger partial charge on any atom is 0.191 e. The Hall–Kier alpha value is -0.380. The summed E-state index contributed by atoms with van der Waals surface area (Å²) in [5, 5.41) is 16.2. The summed E-state index contributed by atoms with van der Waals surface area (Å²) in [6.45, 7) is 7.61. The molecule has 0 spiro atoms. The van der Waals surface area contributed by atoms with Gasteiger partial charge in [-0.3, -0.25) is 4.99 Å². The number of ether oxygens (including phenoxy) is 1. The summed E-state index contributed by atoms with van der Waals surface area (Å²) in [5.41, 5.74) is 1.25. The van der Waals surface area contributed by atoms with E-state index in [-0.39, 0.29) is 41.4 Å². The molecule has 1 aliphatic heterocycles. The highest BCUT2D eigenvalue weighted by Gasteiger charge is 2.34. The van der Waals surface area contributed by atoms with Gasteiger partial charge >= 0.3 is 0 Å². The molecule has 0 radical (unpaired) electrons. The van der Waals surface area contributed by atoms with Crippen LogP contribution in [0.5, 0.6) is 0 Å². The van der Waals surface area contributed by atoms with Gasteiger partial charge in [0, 0.05) is 48.7 Å². The van der Waals surface area contributed by atoms with Crippen LogP contribution in [0.2, 0.25) is 0 Å². The van der Waals surface area contributed by atoms with Gasteiger partial charge in [0.2, 0.25) is 0 Å². The summed E-state index contributed by atoms with van der Waals surface area (Å²) in [4.78, 5) is 4.34. The van der Waals surface area contributed by atoms with Crippen LogP contribution in [-0.2, 0) is 10.2 Å². The van der Waals surface area contributed by atoms with Crippen molar-refractivity contribution in [2.24, 2.45) is 10.4 Å². The molecule has 0 aliphatic carbocycles. The van der Waals surface area contributed by atoms with Gasteiger partial charge in [0.15, 0.2) is 5.96 Å². The van der Waals surface area contributed by atoms with E-state index in [0.717, 1.165) is 43.0 Å². The molecular weight excluding hydrogens is 509 g/mol. The van der Waals surface area contributed by atoms with Crippen molar-refractivity contribution in [2.75, 3.05) is 40.0 Å². The number of nitrogens with one attached hydrogen (secondary N) is 2. The zero-order chi connectivity index (χ0) is 18.3. The molecule has 1 heterocycles. The smallest absolute Gasteiger partial charge is 0.191 e. The van der Waals surface area contributed by atoms with Crippen molar-refractivity contribution in [3.8, 4) is 0 Å². The Morgan fingerprint density at radius 3 is 2.73 bits per heavy atom. The number of rotatable bonds is 7. The van der Waals surface area contributed by atoms with Gasteiger partial charge in [-0.25, -0.2) is 0 Å². The minimum absolute atomic E-state index is 0. The van der Waals surface area contributed by atoms with Crippen LogP contribution in [0.25, 0.3) is 0 Å². The Labute approximate surface area is 182 Å². The average molecular weight is 540 g/mol. The topological polar surface area (TPSA) is 65.9 Å². The molecular formula is C19H31BrIN3O2.